The molecule has 2 atom stereocenters. The lowest BCUT2D eigenvalue weighted by molar-refractivity contribution is 0.226. The number of rotatable bonds is 4. The van der Waals surface area contributed by atoms with Gasteiger partial charge in [0.05, 0.1) is 4.90 Å². The second kappa shape index (κ2) is 6.50. The van der Waals surface area contributed by atoms with Crippen molar-refractivity contribution in [1.29, 1.82) is 0 Å². The van der Waals surface area contributed by atoms with Gasteiger partial charge >= 0.3 is 0 Å². The normalized spacial score (nSPS) is 23.4. The van der Waals surface area contributed by atoms with Gasteiger partial charge in [-0.3, -0.25) is 4.79 Å². The number of nitrogens with one attached hydrogen (secondary N) is 2. The Balaban J connectivity index is 2.23. The van der Waals surface area contributed by atoms with Crippen LogP contribution in [-0.2, 0) is 10.0 Å². The molecule has 1 saturated carbocycles. The average Bonchev–Trinajstić information content (AvgIpc) is 2.41. The molecule has 118 valence electrons. The maximum absolute atomic E-state index is 12.4. The lowest BCUT2D eigenvalue weighted by Gasteiger charge is -2.34. The van der Waals surface area contributed by atoms with Crippen molar-refractivity contribution in [2.45, 2.75) is 50.5 Å². The molecular weight excluding hydrogens is 312 g/mol. The Morgan fingerprint density at radius 2 is 2.00 bits per heavy atom. The average molecular weight is 333 g/mol. The fourth-order valence-corrected chi connectivity index (χ4v) is 4.52. The van der Waals surface area contributed by atoms with Crippen LogP contribution in [0.15, 0.2) is 22.0 Å². The third-order valence-corrected chi connectivity index (χ3v) is 5.87. The van der Waals surface area contributed by atoms with Crippen molar-refractivity contribution >= 4 is 21.6 Å². The standard InChI is InChI=1S/C14H21ClN2O3S/c1-9(2)11-5-3-4-6-13(11)17-21(19,20)10-7-12(15)14(18)16-8-10/h7-9,11,13,17H,3-6H2,1-2H3,(H,16,18). The molecular formula is C14H21ClN2O3S. The molecule has 7 heteroatoms. The summed E-state index contributed by atoms with van der Waals surface area (Å²) in [5.74, 6) is 0.768. The summed E-state index contributed by atoms with van der Waals surface area (Å²) >= 11 is 5.71. The van der Waals surface area contributed by atoms with E-state index in [1.807, 2.05) is 0 Å². The van der Waals surface area contributed by atoms with Crippen molar-refractivity contribution in [2.24, 2.45) is 11.8 Å². The quantitative estimate of drug-likeness (QED) is 0.889. The number of aromatic nitrogens is 1. The van der Waals surface area contributed by atoms with E-state index in [1.165, 1.54) is 12.3 Å². The number of hydrogen-bond acceptors (Lipinski definition) is 3. The van der Waals surface area contributed by atoms with Crippen LogP contribution in [0.4, 0.5) is 0 Å². The summed E-state index contributed by atoms with van der Waals surface area (Å²) in [6.45, 7) is 4.24. The van der Waals surface area contributed by atoms with Crippen LogP contribution in [0.1, 0.15) is 39.5 Å². The lowest BCUT2D eigenvalue weighted by atomic mass is 9.78. The molecule has 0 saturated heterocycles. The van der Waals surface area contributed by atoms with Gasteiger partial charge in [-0.1, -0.05) is 38.3 Å². The van der Waals surface area contributed by atoms with Crippen molar-refractivity contribution < 1.29 is 8.42 Å². The molecule has 1 aromatic heterocycles. The van der Waals surface area contributed by atoms with Gasteiger partial charge in [-0.15, -0.1) is 0 Å². The van der Waals surface area contributed by atoms with Crippen LogP contribution >= 0.6 is 11.6 Å². The Kier molecular flexibility index (Phi) is 5.11. The van der Waals surface area contributed by atoms with Crippen LogP contribution in [0.5, 0.6) is 0 Å². The maximum atomic E-state index is 12.4. The molecule has 1 aliphatic rings. The van der Waals surface area contributed by atoms with E-state index in [1.54, 1.807) is 0 Å². The van der Waals surface area contributed by atoms with E-state index >= 15 is 0 Å². The molecule has 1 aliphatic carbocycles. The van der Waals surface area contributed by atoms with Crippen LogP contribution in [0.2, 0.25) is 5.02 Å². The fraction of sp³-hybridized carbons (Fsp3) is 0.643. The van der Waals surface area contributed by atoms with Gasteiger partial charge in [-0.25, -0.2) is 13.1 Å². The zero-order valence-electron chi connectivity index (χ0n) is 12.2. The Hall–Kier alpha value is -0.850. The smallest absolute Gasteiger partial charge is 0.266 e. The first-order valence-corrected chi connectivity index (χ1v) is 9.08. The number of aromatic amines is 1. The monoisotopic (exact) mass is 332 g/mol. The summed E-state index contributed by atoms with van der Waals surface area (Å²) in [7, 11) is -3.67. The van der Waals surface area contributed by atoms with E-state index in [9.17, 15) is 13.2 Å². The zero-order valence-corrected chi connectivity index (χ0v) is 13.8. The van der Waals surface area contributed by atoms with Crippen molar-refractivity contribution in [1.82, 2.24) is 9.71 Å². The largest absolute Gasteiger partial charge is 0.326 e. The molecule has 2 N–H and O–H groups in total. The second-order valence-corrected chi connectivity index (χ2v) is 8.05. The number of halogens is 1. The Labute approximate surface area is 130 Å². The minimum atomic E-state index is -3.67. The highest BCUT2D eigenvalue weighted by Crippen LogP contribution is 2.31. The van der Waals surface area contributed by atoms with E-state index in [2.05, 4.69) is 23.6 Å². The molecule has 5 nitrogen and oxygen atoms in total. The highest BCUT2D eigenvalue weighted by atomic mass is 35.5. The summed E-state index contributed by atoms with van der Waals surface area (Å²) in [5, 5.41) is -0.123. The van der Waals surface area contributed by atoms with Crippen molar-refractivity contribution in [3.8, 4) is 0 Å². The van der Waals surface area contributed by atoms with E-state index in [0.29, 0.717) is 11.8 Å². The van der Waals surface area contributed by atoms with E-state index in [-0.39, 0.29) is 16.0 Å². The third-order valence-electron chi connectivity index (χ3n) is 4.12. The molecule has 1 fully saturated rings. The molecule has 0 aromatic carbocycles. The van der Waals surface area contributed by atoms with Crippen molar-refractivity contribution in [3.63, 3.8) is 0 Å². The molecule has 0 amide bonds. The van der Waals surface area contributed by atoms with Gasteiger partial charge in [0.2, 0.25) is 10.0 Å². The van der Waals surface area contributed by atoms with Gasteiger partial charge < -0.3 is 4.98 Å². The summed E-state index contributed by atoms with van der Waals surface area (Å²) in [5.41, 5.74) is -0.492. The Morgan fingerprint density at radius 1 is 1.33 bits per heavy atom. The summed E-state index contributed by atoms with van der Waals surface area (Å²) in [6.07, 6.45) is 5.24. The van der Waals surface area contributed by atoms with E-state index in [0.717, 1.165) is 25.7 Å². The third kappa shape index (κ3) is 3.87. The van der Waals surface area contributed by atoms with Gasteiger partial charge in [0.25, 0.3) is 5.56 Å². The van der Waals surface area contributed by atoms with Crippen molar-refractivity contribution in [2.75, 3.05) is 0 Å². The molecule has 1 heterocycles. The highest BCUT2D eigenvalue weighted by molar-refractivity contribution is 7.89. The second-order valence-electron chi connectivity index (χ2n) is 5.93. The van der Waals surface area contributed by atoms with Crippen LogP contribution < -0.4 is 10.3 Å². The van der Waals surface area contributed by atoms with Crippen LogP contribution in [0.3, 0.4) is 0 Å². The van der Waals surface area contributed by atoms with Crippen LogP contribution in [-0.4, -0.2) is 19.4 Å². The zero-order chi connectivity index (χ0) is 15.6. The molecule has 0 spiro atoms. The minimum Gasteiger partial charge on any atom is -0.326 e. The molecule has 1 aromatic rings. The molecule has 0 bridgehead atoms. The predicted octanol–water partition coefficient (Wildman–Crippen LogP) is 2.52. The van der Waals surface area contributed by atoms with Gasteiger partial charge in [0.15, 0.2) is 0 Å². The first kappa shape index (κ1) is 16.5. The van der Waals surface area contributed by atoms with Gasteiger partial charge in [-0.05, 0) is 30.7 Å². The van der Waals surface area contributed by atoms with Gasteiger partial charge in [-0.2, -0.15) is 0 Å². The van der Waals surface area contributed by atoms with Crippen molar-refractivity contribution in [3.05, 3.63) is 27.6 Å². The minimum absolute atomic E-state index is 0.000166. The number of hydrogen-bond donors (Lipinski definition) is 2. The van der Waals surface area contributed by atoms with Gasteiger partial charge in [0.1, 0.15) is 5.02 Å². The summed E-state index contributed by atoms with van der Waals surface area (Å²) < 4.78 is 27.7. The van der Waals surface area contributed by atoms with Crippen LogP contribution in [0, 0.1) is 11.8 Å². The fourth-order valence-electron chi connectivity index (χ4n) is 2.96. The number of sulfonamides is 1. The molecule has 21 heavy (non-hydrogen) atoms. The molecule has 0 radical (unpaired) electrons. The number of pyridine rings is 1. The number of H-pyrrole nitrogens is 1. The SMILES string of the molecule is CC(C)C1CCCCC1NS(=O)(=O)c1c[nH]c(=O)c(Cl)c1. The molecule has 2 rings (SSSR count). The van der Waals surface area contributed by atoms with E-state index in [4.69, 9.17) is 11.6 Å². The Bertz CT molecular complexity index is 654. The summed E-state index contributed by atoms with van der Waals surface area (Å²) in [4.78, 5) is 13.6. The lowest BCUT2D eigenvalue weighted by Crippen LogP contribution is -2.43. The van der Waals surface area contributed by atoms with E-state index < -0.39 is 15.6 Å². The molecule has 0 aliphatic heterocycles. The highest BCUT2D eigenvalue weighted by Gasteiger charge is 2.31. The Morgan fingerprint density at radius 3 is 2.62 bits per heavy atom. The molecule has 2 unspecified atom stereocenters. The topological polar surface area (TPSA) is 79.0 Å². The first-order valence-electron chi connectivity index (χ1n) is 7.22. The first-order chi connectivity index (χ1) is 9.81. The predicted molar refractivity (Wildman–Crippen MR) is 83.0 cm³/mol. The summed E-state index contributed by atoms with van der Waals surface area (Å²) in [6, 6.07) is 1.13. The van der Waals surface area contributed by atoms with Gasteiger partial charge in [0, 0.05) is 12.2 Å². The maximum Gasteiger partial charge on any atom is 0.266 e. The van der Waals surface area contributed by atoms with Crippen LogP contribution in [0.25, 0.3) is 0 Å².